The number of thiophene rings is 1. The number of rotatable bonds is 8. The maximum Gasteiger partial charge on any atom is 0.321 e. The Morgan fingerprint density at radius 1 is 1.50 bits per heavy atom. The van der Waals surface area contributed by atoms with Gasteiger partial charge in [0.15, 0.2) is 6.61 Å². The summed E-state index contributed by atoms with van der Waals surface area (Å²) in [7, 11) is -2.26. The van der Waals surface area contributed by atoms with Crippen molar-refractivity contribution in [2.45, 2.75) is 10.6 Å². The largest absolute Gasteiger partial charge is 0.455 e. The van der Waals surface area contributed by atoms with E-state index in [1.165, 1.54) is 18.0 Å². The molecule has 1 N–H and O–H groups in total. The minimum Gasteiger partial charge on any atom is -0.455 e. The molecule has 0 aliphatic heterocycles. The summed E-state index contributed by atoms with van der Waals surface area (Å²) >= 11 is 1.02. The van der Waals surface area contributed by atoms with Gasteiger partial charge in [0.1, 0.15) is 10.8 Å². The first kappa shape index (κ1) is 18.1. The predicted molar refractivity (Wildman–Crippen MR) is 78.3 cm³/mol. The molecule has 1 aromatic heterocycles. The smallest absolute Gasteiger partial charge is 0.321 e. The van der Waals surface area contributed by atoms with Gasteiger partial charge in [0, 0.05) is 13.6 Å². The third kappa shape index (κ3) is 5.80. The quantitative estimate of drug-likeness (QED) is 0.660. The predicted octanol–water partition coefficient (Wildman–Crippen LogP) is -0.0583. The Morgan fingerprint density at radius 3 is 2.82 bits per heavy atom. The molecule has 1 amide bonds. The van der Waals surface area contributed by atoms with Crippen molar-refractivity contribution in [3.05, 3.63) is 17.5 Å². The van der Waals surface area contributed by atoms with Gasteiger partial charge in [-0.1, -0.05) is 6.07 Å². The Morgan fingerprint density at radius 2 is 2.23 bits per heavy atom. The first-order valence-electron chi connectivity index (χ1n) is 6.16. The maximum atomic E-state index is 11.7. The highest BCUT2D eigenvalue weighted by Crippen LogP contribution is 2.14. The summed E-state index contributed by atoms with van der Waals surface area (Å²) in [5.41, 5.74) is 0. The van der Waals surface area contributed by atoms with Gasteiger partial charge < -0.3 is 9.64 Å². The Kier molecular flexibility index (Phi) is 6.97. The average Bonchev–Trinajstić information content (AvgIpc) is 3.03. The molecule has 8 nitrogen and oxygen atoms in total. The first-order chi connectivity index (χ1) is 10.4. The SMILES string of the molecule is CN(CCC#N)C(=O)COC(=O)CNS(=O)(=O)c1cccs1. The molecule has 1 aromatic rings. The number of hydrogen-bond acceptors (Lipinski definition) is 7. The van der Waals surface area contributed by atoms with Crippen LogP contribution >= 0.6 is 11.3 Å². The molecule has 120 valence electrons. The van der Waals surface area contributed by atoms with Gasteiger partial charge in [-0.05, 0) is 11.4 Å². The lowest BCUT2D eigenvalue weighted by atomic mass is 10.4. The number of hydrogen-bond donors (Lipinski definition) is 1. The fraction of sp³-hybridized carbons (Fsp3) is 0.417. The van der Waals surface area contributed by atoms with Crippen LogP contribution in [0, 0.1) is 11.3 Å². The van der Waals surface area contributed by atoms with Crippen molar-refractivity contribution >= 4 is 33.2 Å². The van der Waals surface area contributed by atoms with E-state index in [1.54, 1.807) is 11.4 Å². The zero-order valence-electron chi connectivity index (χ0n) is 11.8. The van der Waals surface area contributed by atoms with Crippen LogP contribution in [0.2, 0.25) is 0 Å². The Labute approximate surface area is 132 Å². The third-order valence-corrected chi connectivity index (χ3v) is 5.31. The monoisotopic (exact) mass is 345 g/mol. The molecular weight excluding hydrogens is 330 g/mol. The molecular formula is C12H15N3O5S2. The molecule has 1 rings (SSSR count). The van der Waals surface area contributed by atoms with Crippen molar-refractivity contribution in [2.75, 3.05) is 26.7 Å². The summed E-state index contributed by atoms with van der Waals surface area (Å²) in [6.45, 7) is -0.825. The number of nitriles is 1. The topological polar surface area (TPSA) is 117 Å². The average molecular weight is 345 g/mol. The number of carbonyl (C=O) groups is 2. The van der Waals surface area contributed by atoms with Gasteiger partial charge in [0.2, 0.25) is 0 Å². The molecule has 0 saturated carbocycles. The van der Waals surface area contributed by atoms with Crippen LogP contribution in [0.1, 0.15) is 6.42 Å². The van der Waals surface area contributed by atoms with Crippen molar-refractivity contribution in [3.8, 4) is 6.07 Å². The molecule has 0 saturated heterocycles. The number of ether oxygens (including phenoxy) is 1. The Balaban J connectivity index is 2.35. The van der Waals surface area contributed by atoms with E-state index in [9.17, 15) is 18.0 Å². The van der Waals surface area contributed by atoms with Gasteiger partial charge in [-0.2, -0.15) is 9.98 Å². The van der Waals surface area contributed by atoms with E-state index in [1.807, 2.05) is 6.07 Å². The molecule has 22 heavy (non-hydrogen) atoms. The second-order valence-electron chi connectivity index (χ2n) is 4.14. The summed E-state index contributed by atoms with van der Waals surface area (Å²) in [6, 6.07) is 4.88. The van der Waals surface area contributed by atoms with Gasteiger partial charge in [-0.25, -0.2) is 8.42 Å². The van der Waals surface area contributed by atoms with Crippen LogP contribution in [-0.2, 0) is 24.3 Å². The number of nitrogens with one attached hydrogen (secondary N) is 1. The number of esters is 1. The van der Waals surface area contributed by atoms with Crippen LogP contribution < -0.4 is 4.72 Å². The van der Waals surface area contributed by atoms with Crippen molar-refractivity contribution in [1.29, 1.82) is 5.26 Å². The second-order valence-corrected chi connectivity index (χ2v) is 7.08. The first-order valence-corrected chi connectivity index (χ1v) is 8.53. The van der Waals surface area contributed by atoms with Crippen molar-refractivity contribution in [2.24, 2.45) is 0 Å². The molecule has 0 aliphatic rings. The molecule has 0 atom stereocenters. The van der Waals surface area contributed by atoms with Gasteiger partial charge >= 0.3 is 5.97 Å². The highest BCUT2D eigenvalue weighted by molar-refractivity contribution is 7.91. The Hall–Kier alpha value is -1.96. The summed E-state index contributed by atoms with van der Waals surface area (Å²) in [5.74, 6) is -1.33. The van der Waals surface area contributed by atoms with Crippen LogP contribution in [0.4, 0.5) is 0 Å². The standard InChI is InChI=1S/C12H15N3O5S2/c1-15(6-3-5-13)10(16)9-20-11(17)8-14-22(18,19)12-4-2-7-21-12/h2,4,7,14H,3,6,8-9H2,1H3. The van der Waals surface area contributed by atoms with Crippen LogP contribution in [0.3, 0.4) is 0 Å². The number of sulfonamides is 1. The number of likely N-dealkylation sites (N-methyl/N-ethyl adjacent to an activating group) is 1. The van der Waals surface area contributed by atoms with Gasteiger partial charge in [0.25, 0.3) is 15.9 Å². The number of carbonyl (C=O) groups excluding carboxylic acids is 2. The molecule has 0 radical (unpaired) electrons. The van der Waals surface area contributed by atoms with E-state index >= 15 is 0 Å². The van der Waals surface area contributed by atoms with E-state index < -0.39 is 35.1 Å². The van der Waals surface area contributed by atoms with Crippen molar-refractivity contribution in [1.82, 2.24) is 9.62 Å². The molecule has 0 aliphatic carbocycles. The van der Waals surface area contributed by atoms with E-state index in [-0.39, 0.29) is 17.2 Å². The number of nitrogens with zero attached hydrogens (tertiary/aromatic N) is 2. The molecule has 0 aromatic carbocycles. The minimum atomic E-state index is -3.74. The fourth-order valence-corrected chi connectivity index (χ4v) is 3.29. The van der Waals surface area contributed by atoms with Gasteiger partial charge in [-0.3, -0.25) is 9.59 Å². The molecule has 0 fully saturated rings. The van der Waals surface area contributed by atoms with Gasteiger partial charge in [-0.15, -0.1) is 11.3 Å². The molecule has 0 unspecified atom stereocenters. The van der Waals surface area contributed by atoms with Crippen molar-refractivity contribution in [3.63, 3.8) is 0 Å². The number of amides is 1. The zero-order valence-corrected chi connectivity index (χ0v) is 13.4. The summed E-state index contributed by atoms with van der Waals surface area (Å²) in [6.07, 6.45) is 0.177. The van der Waals surface area contributed by atoms with E-state index in [2.05, 4.69) is 9.46 Å². The van der Waals surface area contributed by atoms with Crippen LogP contribution in [-0.4, -0.2) is 51.9 Å². The summed E-state index contributed by atoms with van der Waals surface area (Å²) in [5, 5.41) is 10.0. The summed E-state index contributed by atoms with van der Waals surface area (Å²) in [4.78, 5) is 24.2. The molecule has 0 spiro atoms. The van der Waals surface area contributed by atoms with Crippen LogP contribution in [0.5, 0.6) is 0 Å². The van der Waals surface area contributed by atoms with E-state index in [4.69, 9.17) is 5.26 Å². The van der Waals surface area contributed by atoms with Crippen molar-refractivity contribution < 1.29 is 22.7 Å². The van der Waals surface area contributed by atoms with Crippen LogP contribution in [0.15, 0.2) is 21.7 Å². The van der Waals surface area contributed by atoms with E-state index in [0.29, 0.717) is 0 Å². The fourth-order valence-electron chi connectivity index (χ4n) is 1.29. The lowest BCUT2D eigenvalue weighted by Crippen LogP contribution is -2.35. The molecule has 10 heteroatoms. The van der Waals surface area contributed by atoms with Gasteiger partial charge in [0.05, 0.1) is 12.5 Å². The minimum absolute atomic E-state index is 0.0904. The second kappa shape index (κ2) is 8.47. The molecule has 1 heterocycles. The Bertz CT molecular complexity index is 649. The zero-order chi connectivity index (χ0) is 16.6. The lowest BCUT2D eigenvalue weighted by Gasteiger charge is -2.15. The summed E-state index contributed by atoms with van der Waals surface area (Å²) < 4.78 is 30.4. The molecule has 0 bridgehead atoms. The van der Waals surface area contributed by atoms with E-state index in [0.717, 1.165) is 11.3 Å². The highest BCUT2D eigenvalue weighted by Gasteiger charge is 2.18. The maximum absolute atomic E-state index is 11.7. The normalized spacial score (nSPS) is 10.7. The lowest BCUT2D eigenvalue weighted by molar-refractivity contribution is -0.150. The highest BCUT2D eigenvalue weighted by atomic mass is 32.2. The van der Waals surface area contributed by atoms with Crippen LogP contribution in [0.25, 0.3) is 0 Å². The third-order valence-electron chi connectivity index (χ3n) is 2.51.